The molecular weight excluding hydrogens is 300 g/mol. The highest BCUT2D eigenvalue weighted by Gasteiger charge is 2.35. The molecule has 0 saturated carbocycles. The van der Waals surface area contributed by atoms with Crippen molar-refractivity contribution in [1.82, 2.24) is 9.47 Å². The van der Waals surface area contributed by atoms with Gasteiger partial charge in [0.1, 0.15) is 11.8 Å². The third-order valence-corrected chi connectivity index (χ3v) is 3.90. The van der Waals surface area contributed by atoms with Crippen LogP contribution in [0.2, 0.25) is 0 Å². The van der Waals surface area contributed by atoms with Gasteiger partial charge in [-0.2, -0.15) is 0 Å². The van der Waals surface area contributed by atoms with Crippen LogP contribution >= 0.6 is 0 Å². The molecule has 0 radical (unpaired) electrons. The molecular formula is C16H16N2O5. The summed E-state index contributed by atoms with van der Waals surface area (Å²) in [7, 11) is 0. The summed E-state index contributed by atoms with van der Waals surface area (Å²) in [5.41, 5.74) is -0.165. The fourth-order valence-electron chi connectivity index (χ4n) is 2.75. The van der Waals surface area contributed by atoms with E-state index >= 15 is 0 Å². The van der Waals surface area contributed by atoms with Crippen LogP contribution in [0.1, 0.15) is 29.2 Å². The lowest BCUT2D eigenvalue weighted by Gasteiger charge is -2.19. The second-order valence-electron chi connectivity index (χ2n) is 5.43. The van der Waals surface area contributed by atoms with Crippen LogP contribution in [0.4, 0.5) is 0 Å². The molecule has 2 aromatic heterocycles. The summed E-state index contributed by atoms with van der Waals surface area (Å²) in [6, 6.07) is 7.17. The van der Waals surface area contributed by atoms with Crippen LogP contribution in [-0.2, 0) is 11.3 Å². The highest BCUT2D eigenvalue weighted by atomic mass is 16.4. The average Bonchev–Trinajstić information content (AvgIpc) is 3.18. The van der Waals surface area contributed by atoms with Crippen LogP contribution in [-0.4, -0.2) is 39.0 Å². The molecule has 1 unspecified atom stereocenters. The van der Waals surface area contributed by atoms with E-state index in [1.807, 2.05) is 0 Å². The Morgan fingerprint density at radius 3 is 2.83 bits per heavy atom. The average molecular weight is 316 g/mol. The van der Waals surface area contributed by atoms with Gasteiger partial charge in [-0.3, -0.25) is 9.59 Å². The van der Waals surface area contributed by atoms with Gasteiger partial charge >= 0.3 is 5.97 Å². The molecule has 1 fully saturated rings. The van der Waals surface area contributed by atoms with Crippen molar-refractivity contribution < 1.29 is 19.1 Å². The van der Waals surface area contributed by atoms with Crippen molar-refractivity contribution in [3.05, 3.63) is 58.4 Å². The van der Waals surface area contributed by atoms with Gasteiger partial charge in [-0.25, -0.2) is 4.79 Å². The molecule has 120 valence electrons. The Labute approximate surface area is 131 Å². The highest BCUT2D eigenvalue weighted by Crippen LogP contribution is 2.21. The number of furan rings is 1. The Balaban J connectivity index is 1.77. The molecule has 0 aliphatic carbocycles. The molecule has 1 atom stereocenters. The van der Waals surface area contributed by atoms with Crippen LogP contribution < -0.4 is 5.56 Å². The molecule has 1 saturated heterocycles. The fourth-order valence-corrected chi connectivity index (χ4v) is 2.75. The third-order valence-electron chi connectivity index (χ3n) is 3.90. The van der Waals surface area contributed by atoms with Gasteiger partial charge in [0.05, 0.1) is 6.54 Å². The molecule has 0 bridgehead atoms. The van der Waals surface area contributed by atoms with E-state index in [-0.39, 0.29) is 17.9 Å². The smallest absolute Gasteiger partial charge is 0.326 e. The van der Waals surface area contributed by atoms with Gasteiger partial charge in [-0.05, 0) is 31.0 Å². The van der Waals surface area contributed by atoms with Gasteiger partial charge in [-0.1, -0.05) is 6.07 Å². The Kier molecular flexibility index (Phi) is 4.01. The maximum atomic E-state index is 12.4. The summed E-state index contributed by atoms with van der Waals surface area (Å²) in [4.78, 5) is 36.6. The minimum absolute atomic E-state index is 0.0946. The van der Waals surface area contributed by atoms with Crippen LogP contribution in [0.25, 0.3) is 0 Å². The van der Waals surface area contributed by atoms with E-state index in [1.54, 1.807) is 24.4 Å². The molecule has 1 N–H and O–H groups in total. The summed E-state index contributed by atoms with van der Waals surface area (Å²) in [5.74, 6) is -0.870. The zero-order valence-electron chi connectivity index (χ0n) is 12.3. The number of hydrogen-bond donors (Lipinski definition) is 1. The normalized spacial score (nSPS) is 17.4. The number of likely N-dealkylation sites (tertiary alicyclic amines) is 1. The van der Waals surface area contributed by atoms with Gasteiger partial charge < -0.3 is 19.0 Å². The lowest BCUT2D eigenvalue weighted by molar-refractivity contribution is -0.141. The van der Waals surface area contributed by atoms with Crippen molar-refractivity contribution >= 4 is 11.9 Å². The predicted octanol–water partition coefficient (Wildman–Crippen LogP) is 1.18. The summed E-state index contributed by atoms with van der Waals surface area (Å²) >= 11 is 0. The number of aliphatic carboxylic acids is 1. The van der Waals surface area contributed by atoms with Gasteiger partial charge in [0.2, 0.25) is 0 Å². The van der Waals surface area contributed by atoms with Gasteiger partial charge in [0, 0.05) is 18.8 Å². The number of carbonyl (C=O) groups excluding carboxylic acids is 1. The number of pyridine rings is 1. The zero-order valence-corrected chi connectivity index (χ0v) is 12.3. The van der Waals surface area contributed by atoms with Crippen LogP contribution in [0.15, 0.2) is 45.7 Å². The lowest BCUT2D eigenvalue weighted by atomic mass is 10.2. The zero-order chi connectivity index (χ0) is 16.4. The van der Waals surface area contributed by atoms with Crippen LogP contribution in [0.5, 0.6) is 0 Å². The van der Waals surface area contributed by atoms with Crippen molar-refractivity contribution in [1.29, 1.82) is 0 Å². The van der Waals surface area contributed by atoms with Gasteiger partial charge in [0.15, 0.2) is 5.76 Å². The number of aromatic nitrogens is 1. The van der Waals surface area contributed by atoms with E-state index in [0.717, 1.165) is 0 Å². The SMILES string of the molecule is O=C(O)C1CCCN1C(=O)c1ccc(Cn2ccccc2=O)o1. The van der Waals surface area contributed by atoms with Crippen molar-refractivity contribution in [2.45, 2.75) is 25.4 Å². The monoisotopic (exact) mass is 316 g/mol. The number of carboxylic acids is 1. The molecule has 3 heterocycles. The first-order valence-corrected chi connectivity index (χ1v) is 7.34. The quantitative estimate of drug-likeness (QED) is 0.914. The first kappa shape index (κ1) is 15.1. The molecule has 1 aliphatic heterocycles. The van der Waals surface area contributed by atoms with Crippen molar-refractivity contribution in [3.63, 3.8) is 0 Å². The fraction of sp³-hybridized carbons (Fsp3) is 0.312. The second-order valence-corrected chi connectivity index (χ2v) is 5.43. The number of carboxylic acid groups (broad SMARTS) is 1. The maximum Gasteiger partial charge on any atom is 0.326 e. The Morgan fingerprint density at radius 1 is 1.26 bits per heavy atom. The molecule has 1 aliphatic rings. The topological polar surface area (TPSA) is 92.8 Å². The van der Waals surface area contributed by atoms with Crippen LogP contribution in [0, 0.1) is 0 Å². The Hall–Kier alpha value is -2.83. The molecule has 0 spiro atoms. The first-order chi connectivity index (χ1) is 11.1. The second kappa shape index (κ2) is 6.12. The standard InChI is InChI=1S/C16H16N2O5/c19-14-5-1-2-8-17(14)10-11-6-7-13(23-11)15(20)18-9-3-4-12(18)16(21)22/h1-2,5-8,12H,3-4,9-10H2,(H,21,22). The molecule has 7 heteroatoms. The Morgan fingerprint density at radius 2 is 2.09 bits per heavy atom. The molecule has 2 aromatic rings. The van der Waals surface area contributed by atoms with Crippen molar-refractivity contribution in [3.8, 4) is 0 Å². The van der Waals surface area contributed by atoms with E-state index in [0.29, 0.717) is 25.1 Å². The molecule has 3 rings (SSSR count). The van der Waals surface area contributed by atoms with E-state index in [4.69, 9.17) is 9.52 Å². The number of nitrogens with zero attached hydrogens (tertiary/aromatic N) is 2. The lowest BCUT2D eigenvalue weighted by Crippen LogP contribution is -2.40. The van der Waals surface area contributed by atoms with Crippen LogP contribution in [0.3, 0.4) is 0 Å². The summed E-state index contributed by atoms with van der Waals surface area (Å²) < 4.78 is 6.96. The number of carbonyl (C=O) groups is 2. The first-order valence-electron chi connectivity index (χ1n) is 7.34. The van der Waals surface area contributed by atoms with E-state index in [9.17, 15) is 14.4 Å². The Bertz CT molecular complexity index is 792. The highest BCUT2D eigenvalue weighted by molar-refractivity contribution is 5.94. The largest absolute Gasteiger partial charge is 0.480 e. The number of rotatable bonds is 4. The molecule has 1 amide bonds. The van der Waals surface area contributed by atoms with Gasteiger partial charge in [-0.15, -0.1) is 0 Å². The van der Waals surface area contributed by atoms with Gasteiger partial charge in [0.25, 0.3) is 11.5 Å². The van der Waals surface area contributed by atoms with E-state index < -0.39 is 17.9 Å². The molecule has 0 aromatic carbocycles. The minimum atomic E-state index is -1.00. The minimum Gasteiger partial charge on any atom is -0.480 e. The van der Waals surface area contributed by atoms with Crippen molar-refractivity contribution in [2.75, 3.05) is 6.54 Å². The number of hydrogen-bond acceptors (Lipinski definition) is 4. The maximum absolute atomic E-state index is 12.4. The van der Waals surface area contributed by atoms with E-state index in [2.05, 4.69) is 0 Å². The van der Waals surface area contributed by atoms with Crippen molar-refractivity contribution in [2.24, 2.45) is 0 Å². The number of amides is 1. The summed E-state index contributed by atoms with van der Waals surface area (Å²) in [6.07, 6.45) is 2.75. The third kappa shape index (κ3) is 3.03. The summed E-state index contributed by atoms with van der Waals surface area (Å²) in [6.45, 7) is 0.624. The molecule has 7 nitrogen and oxygen atoms in total. The molecule has 23 heavy (non-hydrogen) atoms. The summed E-state index contributed by atoms with van der Waals surface area (Å²) in [5, 5.41) is 9.15. The predicted molar refractivity (Wildman–Crippen MR) is 80.2 cm³/mol. The van der Waals surface area contributed by atoms with E-state index in [1.165, 1.54) is 21.6 Å².